The van der Waals surface area contributed by atoms with Crippen molar-refractivity contribution >= 4 is 23.6 Å². The van der Waals surface area contributed by atoms with E-state index in [-0.39, 0.29) is 17.9 Å². The highest BCUT2D eigenvalue weighted by atomic mass is 19.4. The van der Waals surface area contributed by atoms with Crippen LogP contribution in [0.2, 0.25) is 0 Å². The Kier molecular flexibility index (Phi) is 7.36. The number of benzene rings is 2. The number of amides is 2. The van der Waals surface area contributed by atoms with Gasteiger partial charge in [0.15, 0.2) is 0 Å². The van der Waals surface area contributed by atoms with Crippen molar-refractivity contribution in [3.63, 3.8) is 0 Å². The second-order valence-electron chi connectivity index (χ2n) is 8.83. The van der Waals surface area contributed by atoms with E-state index in [1.54, 1.807) is 17.0 Å². The van der Waals surface area contributed by atoms with Gasteiger partial charge in [0.2, 0.25) is 11.8 Å². The molecule has 0 unspecified atom stereocenters. The Morgan fingerprint density at radius 3 is 2.44 bits per heavy atom. The van der Waals surface area contributed by atoms with Crippen molar-refractivity contribution in [1.82, 2.24) is 10.2 Å². The molecule has 2 fully saturated rings. The quantitative estimate of drug-likeness (QED) is 0.626. The van der Waals surface area contributed by atoms with E-state index in [9.17, 15) is 22.8 Å². The van der Waals surface area contributed by atoms with Crippen LogP contribution in [0.4, 0.5) is 18.9 Å². The average molecular weight is 472 g/mol. The normalized spacial score (nSPS) is 18.1. The standard InChI is InChI=1S/C26H28F3N3O2/c27-26(28,29)21-4-1-3-20(17-21)18-31-15-12-22(13-16-31)30-24(33)11-8-19-6-9-23(10-7-19)32-14-2-5-25(32)34/h1,3-4,6-11,17,22H,2,5,12-16,18H2,(H,30,33). The number of carbonyl (C=O) groups excluding carboxylic acids is 2. The molecule has 0 atom stereocenters. The van der Waals surface area contributed by atoms with Crippen molar-refractivity contribution < 1.29 is 22.8 Å². The third-order valence-electron chi connectivity index (χ3n) is 6.30. The molecule has 4 rings (SSSR count). The number of anilines is 1. The van der Waals surface area contributed by atoms with E-state index in [1.807, 2.05) is 24.3 Å². The highest BCUT2D eigenvalue weighted by Crippen LogP contribution is 2.30. The Labute approximate surface area is 197 Å². The fourth-order valence-electron chi connectivity index (χ4n) is 4.45. The lowest BCUT2D eigenvalue weighted by Crippen LogP contribution is -2.43. The molecule has 2 aliphatic heterocycles. The number of nitrogens with zero attached hydrogens (tertiary/aromatic N) is 2. The van der Waals surface area contributed by atoms with E-state index in [0.717, 1.165) is 43.1 Å². The molecule has 8 heteroatoms. The van der Waals surface area contributed by atoms with E-state index in [4.69, 9.17) is 0 Å². The first-order valence-electron chi connectivity index (χ1n) is 11.6. The molecule has 34 heavy (non-hydrogen) atoms. The van der Waals surface area contributed by atoms with E-state index in [0.29, 0.717) is 31.6 Å². The number of hydrogen-bond acceptors (Lipinski definition) is 3. The molecule has 2 aliphatic rings. The minimum Gasteiger partial charge on any atom is -0.350 e. The molecule has 0 saturated carbocycles. The van der Waals surface area contributed by atoms with Crippen LogP contribution in [0.5, 0.6) is 0 Å². The topological polar surface area (TPSA) is 52.7 Å². The maximum Gasteiger partial charge on any atom is 0.416 e. The molecule has 2 heterocycles. The summed E-state index contributed by atoms with van der Waals surface area (Å²) >= 11 is 0. The molecule has 0 radical (unpaired) electrons. The molecule has 1 N–H and O–H groups in total. The Hall–Kier alpha value is -3.13. The van der Waals surface area contributed by atoms with Crippen molar-refractivity contribution in [2.24, 2.45) is 0 Å². The average Bonchev–Trinajstić information content (AvgIpc) is 3.25. The molecule has 2 aromatic rings. The summed E-state index contributed by atoms with van der Waals surface area (Å²) in [5.41, 5.74) is 1.76. The van der Waals surface area contributed by atoms with E-state index >= 15 is 0 Å². The smallest absolute Gasteiger partial charge is 0.350 e. The van der Waals surface area contributed by atoms with Crippen molar-refractivity contribution in [3.8, 4) is 0 Å². The number of hydrogen-bond donors (Lipinski definition) is 1. The lowest BCUT2D eigenvalue weighted by atomic mass is 10.0. The fourth-order valence-corrected chi connectivity index (χ4v) is 4.45. The molecule has 2 aromatic carbocycles. The minimum atomic E-state index is -4.34. The van der Waals surface area contributed by atoms with Crippen molar-refractivity contribution in [3.05, 3.63) is 71.3 Å². The summed E-state index contributed by atoms with van der Waals surface area (Å²) in [5.74, 6) is -0.0290. The SMILES string of the molecule is O=C(C=Cc1ccc(N2CCCC2=O)cc1)NC1CCN(Cc2cccc(C(F)(F)F)c2)CC1. The number of nitrogens with one attached hydrogen (secondary N) is 1. The number of alkyl halides is 3. The lowest BCUT2D eigenvalue weighted by Gasteiger charge is -2.32. The molecular weight excluding hydrogens is 443 g/mol. The molecule has 5 nitrogen and oxygen atoms in total. The van der Waals surface area contributed by atoms with Crippen LogP contribution in [0.1, 0.15) is 42.4 Å². The predicted octanol–water partition coefficient (Wildman–Crippen LogP) is 4.63. The zero-order valence-corrected chi connectivity index (χ0v) is 18.9. The molecule has 0 aromatic heterocycles. The summed E-state index contributed by atoms with van der Waals surface area (Å²) in [6, 6.07) is 13.0. The van der Waals surface area contributed by atoms with Crippen LogP contribution in [0.3, 0.4) is 0 Å². The fraction of sp³-hybridized carbons (Fsp3) is 0.385. The number of rotatable bonds is 6. The Morgan fingerprint density at radius 1 is 1.06 bits per heavy atom. The highest BCUT2D eigenvalue weighted by molar-refractivity contribution is 5.95. The third-order valence-corrected chi connectivity index (χ3v) is 6.30. The summed E-state index contributed by atoms with van der Waals surface area (Å²) in [6.07, 6.45) is 1.87. The molecule has 0 bridgehead atoms. The minimum absolute atomic E-state index is 0.0402. The van der Waals surface area contributed by atoms with Gasteiger partial charge in [-0.15, -0.1) is 0 Å². The second kappa shape index (κ2) is 10.4. The van der Waals surface area contributed by atoms with Gasteiger partial charge in [-0.2, -0.15) is 13.2 Å². The summed E-state index contributed by atoms with van der Waals surface area (Å²) in [5, 5.41) is 3.01. The zero-order valence-electron chi connectivity index (χ0n) is 18.9. The number of piperidine rings is 1. The van der Waals surface area contributed by atoms with E-state index < -0.39 is 11.7 Å². The zero-order chi connectivity index (χ0) is 24.1. The summed E-state index contributed by atoms with van der Waals surface area (Å²) in [7, 11) is 0. The van der Waals surface area contributed by atoms with Crippen LogP contribution in [-0.2, 0) is 22.3 Å². The van der Waals surface area contributed by atoms with Gasteiger partial charge in [0.05, 0.1) is 5.56 Å². The Bertz CT molecular complexity index is 1040. The number of halogens is 3. The maximum absolute atomic E-state index is 12.9. The first-order valence-corrected chi connectivity index (χ1v) is 11.6. The van der Waals surface area contributed by atoms with Gasteiger partial charge in [0, 0.05) is 50.4 Å². The van der Waals surface area contributed by atoms with Crippen LogP contribution in [0.25, 0.3) is 6.08 Å². The van der Waals surface area contributed by atoms with Gasteiger partial charge >= 0.3 is 6.18 Å². The number of likely N-dealkylation sites (tertiary alicyclic amines) is 1. The summed E-state index contributed by atoms with van der Waals surface area (Å²) in [4.78, 5) is 28.1. The third kappa shape index (κ3) is 6.26. The van der Waals surface area contributed by atoms with Gasteiger partial charge in [-0.3, -0.25) is 14.5 Å². The number of carbonyl (C=O) groups is 2. The second-order valence-corrected chi connectivity index (χ2v) is 8.83. The molecular formula is C26H28F3N3O2. The summed E-state index contributed by atoms with van der Waals surface area (Å²) in [6.45, 7) is 2.63. The van der Waals surface area contributed by atoms with Gasteiger partial charge in [-0.25, -0.2) is 0 Å². The molecule has 0 aliphatic carbocycles. The first kappa shape index (κ1) is 24.0. The van der Waals surface area contributed by atoms with Crippen LogP contribution in [0.15, 0.2) is 54.6 Å². The lowest BCUT2D eigenvalue weighted by molar-refractivity contribution is -0.137. The van der Waals surface area contributed by atoms with E-state index in [2.05, 4.69) is 10.2 Å². The largest absolute Gasteiger partial charge is 0.416 e. The molecule has 180 valence electrons. The van der Waals surface area contributed by atoms with Gasteiger partial charge < -0.3 is 10.2 Å². The Morgan fingerprint density at radius 2 is 1.79 bits per heavy atom. The van der Waals surface area contributed by atoms with Crippen LogP contribution < -0.4 is 10.2 Å². The van der Waals surface area contributed by atoms with Gasteiger partial charge in [-0.05, 0) is 54.7 Å². The molecule has 0 spiro atoms. The summed E-state index contributed by atoms with van der Waals surface area (Å²) < 4.78 is 38.7. The monoisotopic (exact) mass is 471 g/mol. The predicted molar refractivity (Wildman–Crippen MR) is 125 cm³/mol. The highest BCUT2D eigenvalue weighted by Gasteiger charge is 2.30. The van der Waals surface area contributed by atoms with Crippen molar-refractivity contribution in [1.29, 1.82) is 0 Å². The van der Waals surface area contributed by atoms with Crippen LogP contribution >= 0.6 is 0 Å². The van der Waals surface area contributed by atoms with Crippen molar-refractivity contribution in [2.45, 2.75) is 44.4 Å². The van der Waals surface area contributed by atoms with Gasteiger partial charge in [0.1, 0.15) is 0 Å². The van der Waals surface area contributed by atoms with E-state index in [1.165, 1.54) is 18.2 Å². The van der Waals surface area contributed by atoms with Crippen LogP contribution in [0, 0.1) is 0 Å². The van der Waals surface area contributed by atoms with Gasteiger partial charge in [-0.1, -0.05) is 30.3 Å². The van der Waals surface area contributed by atoms with Crippen LogP contribution in [-0.4, -0.2) is 42.4 Å². The molecule has 2 saturated heterocycles. The first-order chi connectivity index (χ1) is 16.3. The Balaban J connectivity index is 1.22. The maximum atomic E-state index is 12.9. The van der Waals surface area contributed by atoms with Gasteiger partial charge in [0.25, 0.3) is 0 Å². The van der Waals surface area contributed by atoms with Crippen molar-refractivity contribution in [2.75, 3.05) is 24.5 Å². The molecule has 2 amide bonds.